The fourth-order valence-corrected chi connectivity index (χ4v) is 7.25. The van der Waals surface area contributed by atoms with Crippen LogP contribution in [0.2, 0.25) is 12.1 Å². The standard InChI is InChI=1S/C10H22O4Si.C9H22O3SSi/c1-10(2)9-14-7-6-8-15(11-3,12-4)13-5;1-4-10-14(11-5-2,12-6-3)9-7-8-13/h1,6-9H2,2-5H3;13H,4-9H2,1-3H3. The number of ether oxygens (including phenoxy) is 1. The molecular formula is C19H44O7SSi2. The molecule has 0 N–H and O–H groups in total. The highest BCUT2D eigenvalue weighted by Gasteiger charge is 2.39. The Bertz CT molecular complexity index is 360. The molecule has 0 amide bonds. The zero-order valence-corrected chi connectivity index (χ0v) is 22.5. The summed E-state index contributed by atoms with van der Waals surface area (Å²) in [6.45, 7) is 14.9. The van der Waals surface area contributed by atoms with Gasteiger partial charge in [0, 0.05) is 59.8 Å². The van der Waals surface area contributed by atoms with Crippen LogP contribution in [-0.2, 0) is 31.3 Å². The van der Waals surface area contributed by atoms with Gasteiger partial charge in [0.2, 0.25) is 0 Å². The van der Waals surface area contributed by atoms with E-state index in [4.69, 9.17) is 31.3 Å². The van der Waals surface area contributed by atoms with E-state index in [1.807, 2.05) is 27.7 Å². The first-order chi connectivity index (χ1) is 13.8. The van der Waals surface area contributed by atoms with E-state index in [-0.39, 0.29) is 0 Å². The summed E-state index contributed by atoms with van der Waals surface area (Å²) >= 11 is 4.19. The van der Waals surface area contributed by atoms with Crippen molar-refractivity contribution in [3.05, 3.63) is 12.2 Å². The Hall–Kier alpha value is 0.244. The normalized spacial score (nSPS) is 11.9. The van der Waals surface area contributed by atoms with Gasteiger partial charge >= 0.3 is 17.6 Å². The number of hydrogen-bond donors (Lipinski definition) is 1. The van der Waals surface area contributed by atoms with E-state index in [2.05, 4.69) is 19.2 Å². The van der Waals surface area contributed by atoms with Crippen LogP contribution in [0.5, 0.6) is 0 Å². The van der Waals surface area contributed by atoms with Crippen LogP contribution in [0.25, 0.3) is 0 Å². The van der Waals surface area contributed by atoms with Crippen LogP contribution in [0.3, 0.4) is 0 Å². The summed E-state index contributed by atoms with van der Waals surface area (Å²) in [5.41, 5.74) is 1.03. The van der Waals surface area contributed by atoms with Crippen molar-refractivity contribution in [1.82, 2.24) is 0 Å². The molecule has 0 aliphatic heterocycles. The van der Waals surface area contributed by atoms with E-state index in [1.54, 1.807) is 21.3 Å². The van der Waals surface area contributed by atoms with Crippen LogP contribution in [0.1, 0.15) is 40.5 Å². The minimum absolute atomic E-state index is 0.613. The average molecular weight is 473 g/mol. The smallest absolute Gasteiger partial charge is 0.377 e. The first-order valence-corrected chi connectivity index (χ1v) is 14.7. The van der Waals surface area contributed by atoms with Gasteiger partial charge in [-0.1, -0.05) is 12.2 Å². The third-order valence-corrected chi connectivity index (χ3v) is 10.1. The molecule has 0 unspecified atom stereocenters. The quantitative estimate of drug-likeness (QED) is 0.139. The number of thiol groups is 1. The zero-order valence-electron chi connectivity index (χ0n) is 19.6. The summed E-state index contributed by atoms with van der Waals surface area (Å²) in [5.74, 6) is 0.849. The molecule has 176 valence electrons. The lowest BCUT2D eigenvalue weighted by molar-refractivity contribution is 0.0712. The maximum atomic E-state index is 5.67. The zero-order chi connectivity index (χ0) is 22.6. The van der Waals surface area contributed by atoms with Crippen molar-refractivity contribution in [2.45, 2.75) is 52.6 Å². The maximum absolute atomic E-state index is 5.67. The fourth-order valence-electron chi connectivity index (χ4n) is 2.49. The molecule has 0 saturated carbocycles. The van der Waals surface area contributed by atoms with Gasteiger partial charge in [0.15, 0.2) is 0 Å². The van der Waals surface area contributed by atoms with Gasteiger partial charge in [0.1, 0.15) is 0 Å². The van der Waals surface area contributed by atoms with Crippen LogP contribution in [0.15, 0.2) is 12.2 Å². The monoisotopic (exact) mass is 472 g/mol. The van der Waals surface area contributed by atoms with Crippen molar-refractivity contribution < 1.29 is 31.3 Å². The molecule has 0 rings (SSSR count). The maximum Gasteiger partial charge on any atom is 0.500 e. The molecule has 0 spiro atoms. The molecule has 0 aliphatic rings. The van der Waals surface area contributed by atoms with Gasteiger partial charge in [-0.15, -0.1) is 0 Å². The highest BCUT2D eigenvalue weighted by molar-refractivity contribution is 7.80. The van der Waals surface area contributed by atoms with Gasteiger partial charge in [-0.3, -0.25) is 0 Å². The van der Waals surface area contributed by atoms with Crippen molar-refractivity contribution in [1.29, 1.82) is 0 Å². The van der Waals surface area contributed by atoms with Crippen LogP contribution in [-0.4, -0.2) is 77.7 Å². The van der Waals surface area contributed by atoms with E-state index < -0.39 is 17.6 Å². The first kappa shape index (κ1) is 31.4. The van der Waals surface area contributed by atoms with Gasteiger partial charge in [-0.2, -0.15) is 12.6 Å². The van der Waals surface area contributed by atoms with Gasteiger partial charge in [-0.25, -0.2) is 0 Å². The SMILES string of the molecule is C=C(C)COCCC[Si](OC)(OC)OC.CCO[Si](CCCS)(OCC)OCC. The summed E-state index contributed by atoms with van der Waals surface area (Å²) < 4.78 is 38.3. The molecule has 0 aromatic carbocycles. The Morgan fingerprint density at radius 1 is 0.793 bits per heavy atom. The highest BCUT2D eigenvalue weighted by atomic mass is 32.1. The average Bonchev–Trinajstić information content (AvgIpc) is 2.70. The van der Waals surface area contributed by atoms with Crippen LogP contribution >= 0.6 is 12.6 Å². The van der Waals surface area contributed by atoms with Gasteiger partial charge in [-0.05, 0) is 46.3 Å². The van der Waals surface area contributed by atoms with Gasteiger partial charge in [0.05, 0.1) is 6.61 Å². The van der Waals surface area contributed by atoms with Crippen LogP contribution < -0.4 is 0 Å². The Kier molecular flexibility index (Phi) is 21.9. The van der Waals surface area contributed by atoms with Gasteiger partial charge < -0.3 is 31.3 Å². The molecule has 10 heteroatoms. The second-order valence-corrected chi connectivity index (χ2v) is 12.5. The lowest BCUT2D eigenvalue weighted by Gasteiger charge is -2.28. The number of rotatable bonds is 18. The van der Waals surface area contributed by atoms with Crippen molar-refractivity contribution in [3.63, 3.8) is 0 Å². The molecular weight excluding hydrogens is 428 g/mol. The van der Waals surface area contributed by atoms with E-state index >= 15 is 0 Å². The van der Waals surface area contributed by atoms with Crippen molar-refractivity contribution >= 4 is 30.2 Å². The predicted octanol–water partition coefficient (Wildman–Crippen LogP) is 4.20. The summed E-state index contributed by atoms with van der Waals surface area (Å²) in [5, 5.41) is 0. The van der Waals surface area contributed by atoms with Crippen molar-refractivity contribution in [3.8, 4) is 0 Å². The molecule has 0 bridgehead atoms. The summed E-state index contributed by atoms with van der Waals surface area (Å²) in [7, 11) is 0.0946. The first-order valence-electron chi connectivity index (χ1n) is 10.2. The van der Waals surface area contributed by atoms with E-state index in [9.17, 15) is 0 Å². The molecule has 0 saturated heterocycles. The fraction of sp³-hybridized carbons (Fsp3) is 0.895. The minimum Gasteiger partial charge on any atom is -0.377 e. The summed E-state index contributed by atoms with van der Waals surface area (Å²) in [4.78, 5) is 0. The molecule has 0 aromatic heterocycles. The van der Waals surface area contributed by atoms with E-state index in [1.165, 1.54) is 0 Å². The Labute approximate surface area is 186 Å². The lowest BCUT2D eigenvalue weighted by atomic mass is 10.4. The van der Waals surface area contributed by atoms with Crippen LogP contribution in [0.4, 0.5) is 0 Å². The molecule has 29 heavy (non-hydrogen) atoms. The predicted molar refractivity (Wildman–Crippen MR) is 126 cm³/mol. The van der Waals surface area contributed by atoms with E-state index in [0.29, 0.717) is 33.0 Å². The molecule has 0 aliphatic carbocycles. The molecule has 0 aromatic rings. The molecule has 7 nitrogen and oxygen atoms in total. The largest absolute Gasteiger partial charge is 0.500 e. The summed E-state index contributed by atoms with van der Waals surface area (Å²) in [6, 6.07) is 1.64. The minimum atomic E-state index is -2.40. The molecule has 0 atom stereocenters. The number of hydrogen-bond acceptors (Lipinski definition) is 8. The molecule has 0 fully saturated rings. The lowest BCUT2D eigenvalue weighted by Crippen LogP contribution is -2.46. The Balaban J connectivity index is 0. The Morgan fingerprint density at radius 2 is 1.24 bits per heavy atom. The van der Waals surface area contributed by atoms with Crippen molar-refractivity contribution in [2.24, 2.45) is 0 Å². The Morgan fingerprint density at radius 3 is 1.59 bits per heavy atom. The van der Waals surface area contributed by atoms with Gasteiger partial charge in [0.25, 0.3) is 0 Å². The third kappa shape index (κ3) is 15.7. The molecule has 0 radical (unpaired) electrons. The van der Waals surface area contributed by atoms with Crippen molar-refractivity contribution in [2.75, 3.05) is 60.1 Å². The summed E-state index contributed by atoms with van der Waals surface area (Å²) in [6.07, 6.45) is 1.85. The van der Waals surface area contributed by atoms with E-state index in [0.717, 1.165) is 36.3 Å². The second kappa shape index (κ2) is 20.2. The highest BCUT2D eigenvalue weighted by Crippen LogP contribution is 2.18. The van der Waals surface area contributed by atoms with Crippen LogP contribution in [0, 0.1) is 0 Å². The molecule has 0 heterocycles. The second-order valence-electron chi connectivity index (χ2n) is 6.22. The topological polar surface area (TPSA) is 64.6 Å². The third-order valence-electron chi connectivity index (χ3n) is 3.79.